The van der Waals surface area contributed by atoms with Crippen LogP contribution in [0.4, 0.5) is 0 Å². The second-order valence-electron chi connectivity index (χ2n) is 4.81. The molecule has 0 radical (unpaired) electrons. The molecule has 1 aromatic carbocycles. The van der Waals surface area contributed by atoms with Crippen molar-refractivity contribution in [3.8, 4) is 12.3 Å². The summed E-state index contributed by atoms with van der Waals surface area (Å²) < 4.78 is 27.6. The van der Waals surface area contributed by atoms with E-state index in [4.69, 9.17) is 6.42 Å². The van der Waals surface area contributed by atoms with E-state index in [1.807, 2.05) is 26.8 Å². The van der Waals surface area contributed by atoms with Crippen LogP contribution in [0, 0.1) is 26.2 Å². The molecule has 104 valence electrons. The number of hydrogen-bond acceptors (Lipinski definition) is 2. The van der Waals surface area contributed by atoms with Crippen molar-refractivity contribution in [2.24, 2.45) is 0 Å². The summed E-state index contributed by atoms with van der Waals surface area (Å²) in [6, 6.07) is 5.26. The third kappa shape index (κ3) is 3.37. The van der Waals surface area contributed by atoms with E-state index in [1.54, 1.807) is 19.1 Å². The second-order valence-corrected chi connectivity index (χ2v) is 6.46. The lowest BCUT2D eigenvalue weighted by Gasteiger charge is -2.27. The zero-order chi connectivity index (χ0) is 14.7. The Balaban J connectivity index is 3.22. The lowest BCUT2D eigenvalue weighted by Crippen LogP contribution is -2.46. The lowest BCUT2D eigenvalue weighted by molar-refractivity contribution is 0.451. The van der Waals surface area contributed by atoms with Crippen molar-refractivity contribution in [1.29, 1.82) is 0 Å². The first kappa shape index (κ1) is 15.7. The van der Waals surface area contributed by atoms with Gasteiger partial charge in [0.25, 0.3) is 0 Å². The number of hydrogen-bond donors (Lipinski definition) is 1. The van der Waals surface area contributed by atoms with Crippen molar-refractivity contribution < 1.29 is 8.42 Å². The van der Waals surface area contributed by atoms with Gasteiger partial charge >= 0.3 is 0 Å². The SMILES string of the molecule is C#CC(CC)(CC)NS(=O)(=O)c1ccc(C)cc1C. The van der Waals surface area contributed by atoms with E-state index in [0.717, 1.165) is 11.1 Å². The molecule has 0 aromatic heterocycles. The minimum Gasteiger partial charge on any atom is -0.207 e. The van der Waals surface area contributed by atoms with Gasteiger partial charge < -0.3 is 0 Å². The Labute approximate surface area is 116 Å². The predicted molar refractivity (Wildman–Crippen MR) is 78.4 cm³/mol. The van der Waals surface area contributed by atoms with Gasteiger partial charge in [-0.05, 0) is 38.3 Å². The fourth-order valence-corrected chi connectivity index (χ4v) is 3.74. The Hall–Kier alpha value is -1.31. The van der Waals surface area contributed by atoms with Crippen LogP contribution in [0.2, 0.25) is 0 Å². The summed E-state index contributed by atoms with van der Waals surface area (Å²) in [4.78, 5) is 0.291. The standard InChI is InChI=1S/C15H21NO2S/c1-6-15(7-2,8-3)16-19(17,18)14-10-9-12(4)11-13(14)5/h1,9-11,16H,7-8H2,2-5H3. The van der Waals surface area contributed by atoms with Gasteiger partial charge in [0.1, 0.15) is 0 Å². The Kier molecular flexibility index (Phi) is 4.78. The van der Waals surface area contributed by atoms with Crippen LogP contribution >= 0.6 is 0 Å². The number of aryl methyl sites for hydroxylation is 2. The van der Waals surface area contributed by atoms with Crippen LogP contribution in [0.3, 0.4) is 0 Å². The monoisotopic (exact) mass is 279 g/mol. The summed E-state index contributed by atoms with van der Waals surface area (Å²) in [5.41, 5.74) is 0.951. The Morgan fingerprint density at radius 1 is 1.26 bits per heavy atom. The van der Waals surface area contributed by atoms with Crippen molar-refractivity contribution in [2.75, 3.05) is 0 Å². The maximum Gasteiger partial charge on any atom is 0.242 e. The Morgan fingerprint density at radius 3 is 2.26 bits per heavy atom. The summed E-state index contributed by atoms with van der Waals surface area (Å²) in [5.74, 6) is 2.58. The maximum atomic E-state index is 12.4. The van der Waals surface area contributed by atoms with Crippen molar-refractivity contribution in [3.63, 3.8) is 0 Å². The molecule has 0 saturated heterocycles. The van der Waals surface area contributed by atoms with Crippen LogP contribution in [-0.4, -0.2) is 14.0 Å². The fraction of sp³-hybridized carbons (Fsp3) is 0.467. The van der Waals surface area contributed by atoms with Crippen molar-refractivity contribution in [3.05, 3.63) is 29.3 Å². The maximum absolute atomic E-state index is 12.4. The van der Waals surface area contributed by atoms with Gasteiger partial charge in [-0.3, -0.25) is 0 Å². The third-order valence-electron chi connectivity index (χ3n) is 3.43. The smallest absolute Gasteiger partial charge is 0.207 e. The molecule has 19 heavy (non-hydrogen) atoms. The van der Waals surface area contributed by atoms with E-state index in [2.05, 4.69) is 10.6 Å². The second kappa shape index (κ2) is 5.77. The fourth-order valence-electron chi connectivity index (χ4n) is 2.04. The molecule has 0 fully saturated rings. The highest BCUT2D eigenvalue weighted by molar-refractivity contribution is 7.89. The van der Waals surface area contributed by atoms with Gasteiger partial charge in [-0.15, -0.1) is 6.42 Å². The van der Waals surface area contributed by atoms with Crippen LogP contribution in [0.25, 0.3) is 0 Å². The zero-order valence-electron chi connectivity index (χ0n) is 11.9. The molecule has 1 rings (SSSR count). The molecule has 1 aromatic rings. The average molecular weight is 279 g/mol. The predicted octanol–water partition coefficient (Wildman–Crippen LogP) is 2.77. The molecule has 3 nitrogen and oxygen atoms in total. The number of rotatable bonds is 5. The molecule has 0 bridgehead atoms. The van der Waals surface area contributed by atoms with E-state index in [9.17, 15) is 8.42 Å². The van der Waals surface area contributed by atoms with Crippen LogP contribution in [-0.2, 0) is 10.0 Å². The molecule has 0 aliphatic heterocycles. The first-order valence-electron chi connectivity index (χ1n) is 6.39. The molecule has 4 heteroatoms. The molecular formula is C15H21NO2S. The number of benzene rings is 1. The highest BCUT2D eigenvalue weighted by atomic mass is 32.2. The minimum absolute atomic E-state index is 0.291. The van der Waals surface area contributed by atoms with E-state index in [0.29, 0.717) is 17.7 Å². The third-order valence-corrected chi connectivity index (χ3v) is 5.13. The van der Waals surface area contributed by atoms with E-state index < -0.39 is 15.6 Å². The molecule has 0 saturated carbocycles. The molecule has 0 spiro atoms. The normalized spacial score (nSPS) is 12.2. The highest BCUT2D eigenvalue weighted by Gasteiger charge is 2.30. The van der Waals surface area contributed by atoms with Crippen LogP contribution in [0.5, 0.6) is 0 Å². The van der Waals surface area contributed by atoms with Crippen molar-refractivity contribution in [2.45, 2.75) is 51.0 Å². The van der Waals surface area contributed by atoms with E-state index in [1.165, 1.54) is 0 Å². The summed E-state index contributed by atoms with van der Waals surface area (Å²) in [7, 11) is -3.59. The van der Waals surface area contributed by atoms with E-state index >= 15 is 0 Å². The first-order chi connectivity index (χ1) is 8.80. The Morgan fingerprint density at radius 2 is 1.84 bits per heavy atom. The highest BCUT2D eigenvalue weighted by Crippen LogP contribution is 2.21. The van der Waals surface area contributed by atoms with Crippen molar-refractivity contribution >= 4 is 10.0 Å². The molecule has 0 amide bonds. The quantitative estimate of drug-likeness (QED) is 0.842. The van der Waals surface area contributed by atoms with Crippen LogP contribution < -0.4 is 4.72 Å². The average Bonchev–Trinajstić information content (AvgIpc) is 2.35. The molecule has 1 N–H and O–H groups in total. The van der Waals surface area contributed by atoms with Crippen molar-refractivity contribution in [1.82, 2.24) is 4.72 Å². The van der Waals surface area contributed by atoms with Gasteiger partial charge in [0.15, 0.2) is 0 Å². The van der Waals surface area contributed by atoms with Gasteiger partial charge in [-0.1, -0.05) is 37.5 Å². The van der Waals surface area contributed by atoms with Gasteiger partial charge in [0, 0.05) is 0 Å². The summed E-state index contributed by atoms with van der Waals surface area (Å²) in [6.07, 6.45) is 6.62. The minimum atomic E-state index is -3.59. The molecular weight excluding hydrogens is 258 g/mol. The lowest BCUT2D eigenvalue weighted by atomic mass is 9.96. The van der Waals surface area contributed by atoms with Crippen LogP contribution in [0.1, 0.15) is 37.8 Å². The molecule has 0 atom stereocenters. The molecule has 0 heterocycles. The van der Waals surface area contributed by atoms with Gasteiger partial charge in [0.2, 0.25) is 10.0 Å². The van der Waals surface area contributed by atoms with Gasteiger partial charge in [-0.2, -0.15) is 4.72 Å². The number of nitrogens with one attached hydrogen (secondary N) is 1. The molecule has 0 aliphatic rings. The summed E-state index contributed by atoms with van der Waals surface area (Å²) in [5, 5.41) is 0. The topological polar surface area (TPSA) is 46.2 Å². The first-order valence-corrected chi connectivity index (χ1v) is 7.87. The molecule has 0 aliphatic carbocycles. The summed E-state index contributed by atoms with van der Waals surface area (Å²) >= 11 is 0. The van der Waals surface area contributed by atoms with Crippen LogP contribution in [0.15, 0.2) is 23.1 Å². The summed E-state index contributed by atoms with van der Waals surface area (Å²) in [6.45, 7) is 7.49. The largest absolute Gasteiger partial charge is 0.242 e. The zero-order valence-corrected chi connectivity index (χ0v) is 12.8. The Bertz CT molecular complexity index is 593. The van der Waals surface area contributed by atoms with Gasteiger partial charge in [-0.25, -0.2) is 8.42 Å². The molecule has 0 unspecified atom stereocenters. The number of terminal acetylenes is 1. The number of sulfonamides is 1. The van der Waals surface area contributed by atoms with E-state index in [-0.39, 0.29) is 0 Å². The van der Waals surface area contributed by atoms with Gasteiger partial charge in [0.05, 0.1) is 10.4 Å².